The molecule has 3 aromatic heterocycles. The number of nitrogens with zero attached hydrogens (tertiary/aromatic N) is 5. The SMILES string of the molecule is C.Cn1nc(NS(C)=O)c2c(Cl)ccc(-c3ccc(C#CC4(O)COC4)nc3[C@H](Cc3cc(F)cc(F)c3)NC(=O)Cn3nc(C(F)(F)P)c4c3C(F)(P)CC4)c21. The fraction of sp³-hybridized carbons (Fsp3) is 0.351. The van der Waals surface area contributed by atoms with Crippen LogP contribution in [-0.2, 0) is 58.0 Å². The average molecular weight is 868 g/mol. The lowest BCUT2D eigenvalue weighted by Crippen LogP contribution is -2.48. The number of pyridine rings is 1. The van der Waals surface area contributed by atoms with E-state index in [0.29, 0.717) is 28.1 Å². The van der Waals surface area contributed by atoms with Gasteiger partial charge in [-0.05, 0) is 61.1 Å². The zero-order valence-corrected chi connectivity index (χ0v) is 33.5. The number of aryl methyl sites for hydroxylation is 1. The topological polar surface area (TPSA) is 136 Å². The van der Waals surface area contributed by atoms with Gasteiger partial charge in [0.15, 0.2) is 16.8 Å². The predicted molar refractivity (Wildman–Crippen MR) is 214 cm³/mol. The van der Waals surface area contributed by atoms with Crippen molar-refractivity contribution in [2.24, 2.45) is 7.05 Å². The number of amides is 1. The van der Waals surface area contributed by atoms with Crippen LogP contribution in [0.15, 0.2) is 42.5 Å². The highest BCUT2D eigenvalue weighted by Crippen LogP contribution is 2.50. The molecule has 0 bridgehead atoms. The number of halogens is 6. The zero-order chi connectivity index (χ0) is 40.3. The maximum absolute atomic E-state index is 15.7. The number of anilines is 1. The number of rotatable bonds is 10. The van der Waals surface area contributed by atoms with Crippen LogP contribution in [0.5, 0.6) is 0 Å². The summed E-state index contributed by atoms with van der Waals surface area (Å²) in [4.78, 5) is 18.8. The average Bonchev–Trinajstić information content (AvgIpc) is 3.73. The first-order chi connectivity index (χ1) is 26.3. The fourth-order valence-corrected chi connectivity index (χ4v) is 8.31. The van der Waals surface area contributed by atoms with Crippen LogP contribution in [-0.4, -0.2) is 64.8 Å². The van der Waals surface area contributed by atoms with E-state index < -0.39 is 63.5 Å². The minimum absolute atomic E-state index is 0. The van der Waals surface area contributed by atoms with Crippen LogP contribution in [0.1, 0.15) is 53.8 Å². The standard InChI is InChI=1S/C36H33ClF5N7O4P2S.CH4/c1-48-30-23(5-6-25(37)28(30)33(46-48)47-56(2)52)22-4-3-21(7-9-34(51)16-53-17-34)43-29(22)26(13-18-11-19(38)14-20(39)12-18)44-27(50)15-49-32-24(8-10-35(32,40)54)31(45-49)36(41,42)55;/h3-6,11-12,14,26,51H,8,10,13,15-17,54-55H2,1-2H3,(H,44,50)(H,46,47);1H4/t26-,35?,56?;/m0./s1. The molecular formula is C37H37ClF5N7O4P2S. The Morgan fingerprint density at radius 1 is 1.16 bits per heavy atom. The van der Waals surface area contributed by atoms with Gasteiger partial charge in [0.2, 0.25) is 5.91 Å². The molecule has 2 aromatic carbocycles. The van der Waals surface area contributed by atoms with Gasteiger partial charge in [-0.3, -0.25) is 18.9 Å². The first kappa shape index (κ1) is 42.6. The summed E-state index contributed by atoms with van der Waals surface area (Å²) in [5.41, 5.74) is -4.02. The van der Waals surface area contributed by atoms with E-state index >= 15 is 4.39 Å². The number of carbonyl (C=O) groups is 1. The quantitative estimate of drug-likeness (QED) is 0.0867. The molecule has 0 spiro atoms. The van der Waals surface area contributed by atoms with E-state index in [2.05, 4.69) is 32.1 Å². The summed E-state index contributed by atoms with van der Waals surface area (Å²) in [6, 6.07) is 8.15. The number of aromatic nitrogens is 5. The Morgan fingerprint density at radius 2 is 1.84 bits per heavy atom. The summed E-state index contributed by atoms with van der Waals surface area (Å²) < 4.78 is 96.5. The van der Waals surface area contributed by atoms with Crippen molar-refractivity contribution in [1.29, 1.82) is 0 Å². The Morgan fingerprint density at radius 3 is 2.47 bits per heavy atom. The molecule has 1 aliphatic carbocycles. The number of ether oxygens (including phenoxy) is 1. The van der Waals surface area contributed by atoms with Crippen LogP contribution >= 0.6 is 30.1 Å². The molecule has 57 heavy (non-hydrogen) atoms. The molecule has 7 rings (SSSR count). The molecule has 3 N–H and O–H groups in total. The summed E-state index contributed by atoms with van der Waals surface area (Å²) in [6.07, 6.45) is 1.03. The van der Waals surface area contributed by atoms with E-state index in [1.165, 1.54) is 20.2 Å². The van der Waals surface area contributed by atoms with Crippen molar-refractivity contribution in [3.05, 3.63) is 93.0 Å². The van der Waals surface area contributed by atoms with Crippen molar-refractivity contribution in [2.75, 3.05) is 24.2 Å². The molecule has 302 valence electrons. The van der Waals surface area contributed by atoms with Gasteiger partial charge in [-0.1, -0.05) is 49.5 Å². The van der Waals surface area contributed by atoms with Gasteiger partial charge in [0, 0.05) is 36.1 Å². The molecule has 1 amide bonds. The molecule has 5 atom stereocenters. The van der Waals surface area contributed by atoms with E-state index in [0.717, 1.165) is 16.8 Å². The lowest BCUT2D eigenvalue weighted by atomic mass is 9.93. The van der Waals surface area contributed by atoms with Crippen LogP contribution in [0.2, 0.25) is 5.02 Å². The molecule has 1 aliphatic heterocycles. The highest BCUT2D eigenvalue weighted by atomic mass is 35.5. The maximum Gasteiger partial charge on any atom is 0.302 e. The molecule has 5 aromatic rings. The van der Waals surface area contributed by atoms with Crippen LogP contribution in [0.25, 0.3) is 22.0 Å². The van der Waals surface area contributed by atoms with Crippen LogP contribution < -0.4 is 10.0 Å². The number of aliphatic hydroxyl groups is 1. The third-order valence-corrected chi connectivity index (χ3v) is 10.9. The van der Waals surface area contributed by atoms with Gasteiger partial charge < -0.3 is 15.2 Å². The number of nitrogens with one attached hydrogen (secondary N) is 2. The smallest absolute Gasteiger partial charge is 0.302 e. The molecule has 11 nitrogen and oxygen atoms in total. The van der Waals surface area contributed by atoms with E-state index in [1.54, 1.807) is 31.3 Å². The number of hydrogen-bond acceptors (Lipinski definition) is 7. The van der Waals surface area contributed by atoms with Crippen molar-refractivity contribution in [1.82, 2.24) is 29.9 Å². The summed E-state index contributed by atoms with van der Waals surface area (Å²) in [5, 5.41) is 20.4. The Bertz CT molecular complexity index is 2480. The molecule has 20 heteroatoms. The number of alkyl halides is 3. The van der Waals surface area contributed by atoms with Crippen molar-refractivity contribution >= 4 is 63.7 Å². The molecule has 1 saturated heterocycles. The number of hydrogen-bond donors (Lipinski definition) is 3. The van der Waals surface area contributed by atoms with Gasteiger partial charge in [0.25, 0.3) is 0 Å². The maximum atomic E-state index is 15.7. The molecule has 4 unspecified atom stereocenters. The highest BCUT2D eigenvalue weighted by Gasteiger charge is 2.45. The minimum Gasteiger partial charge on any atom is -0.373 e. The predicted octanol–water partition coefficient (Wildman–Crippen LogP) is 6.19. The minimum atomic E-state index is -3.50. The van der Waals surface area contributed by atoms with Crippen molar-refractivity contribution in [3.8, 4) is 23.0 Å². The second-order valence-electron chi connectivity index (χ2n) is 13.7. The molecule has 0 saturated carbocycles. The monoisotopic (exact) mass is 867 g/mol. The summed E-state index contributed by atoms with van der Waals surface area (Å²) >= 11 is 6.65. The Labute approximate surface area is 336 Å². The van der Waals surface area contributed by atoms with Gasteiger partial charge in [-0.2, -0.15) is 19.0 Å². The summed E-state index contributed by atoms with van der Waals surface area (Å²) in [7, 11) is 3.51. The van der Waals surface area contributed by atoms with Gasteiger partial charge in [-0.25, -0.2) is 22.4 Å². The molecular weight excluding hydrogens is 831 g/mol. The first-order valence-corrected chi connectivity index (χ1v) is 20.0. The normalized spacial score (nSPS) is 18.2. The van der Waals surface area contributed by atoms with E-state index in [1.807, 2.05) is 9.24 Å². The second kappa shape index (κ2) is 16.0. The summed E-state index contributed by atoms with van der Waals surface area (Å²) in [6.45, 7) is -0.737. The van der Waals surface area contributed by atoms with Gasteiger partial charge in [0.1, 0.15) is 40.6 Å². The third kappa shape index (κ3) is 8.72. The molecule has 1 fully saturated rings. The first-order valence-electron chi connectivity index (χ1n) is 16.9. The van der Waals surface area contributed by atoms with Crippen LogP contribution in [0.3, 0.4) is 0 Å². The van der Waals surface area contributed by atoms with E-state index in [9.17, 15) is 31.7 Å². The second-order valence-corrected chi connectivity index (χ2v) is 16.8. The van der Waals surface area contributed by atoms with Crippen molar-refractivity contribution < 1.29 is 40.8 Å². The van der Waals surface area contributed by atoms with Gasteiger partial charge in [0.05, 0.1) is 46.6 Å². The molecule has 4 heterocycles. The highest BCUT2D eigenvalue weighted by molar-refractivity contribution is 7.85. The fourth-order valence-electron chi connectivity index (χ4n) is 6.95. The Kier molecular flexibility index (Phi) is 11.9. The van der Waals surface area contributed by atoms with Crippen molar-refractivity contribution in [2.45, 2.75) is 56.0 Å². The number of fused-ring (bicyclic) bond motifs is 2. The van der Waals surface area contributed by atoms with Crippen LogP contribution in [0.4, 0.5) is 27.8 Å². The lowest BCUT2D eigenvalue weighted by Gasteiger charge is -2.30. The summed E-state index contributed by atoms with van der Waals surface area (Å²) in [5.74, 6) is 3.23. The largest absolute Gasteiger partial charge is 0.373 e. The Balaban J connectivity index is 0.00000549. The van der Waals surface area contributed by atoms with E-state index in [-0.39, 0.29) is 79.0 Å². The lowest BCUT2D eigenvalue weighted by molar-refractivity contribution is -0.140. The van der Waals surface area contributed by atoms with Crippen molar-refractivity contribution in [3.63, 3.8) is 0 Å². The van der Waals surface area contributed by atoms with Crippen LogP contribution in [0, 0.1) is 23.5 Å². The molecule has 2 aliphatic rings. The number of carbonyl (C=O) groups excluding carboxylic acids is 1. The third-order valence-electron chi connectivity index (χ3n) is 9.32. The Hall–Kier alpha value is -4.03. The van der Waals surface area contributed by atoms with Gasteiger partial charge in [-0.15, -0.1) is 0 Å². The van der Waals surface area contributed by atoms with Gasteiger partial charge >= 0.3 is 5.66 Å². The van der Waals surface area contributed by atoms with E-state index in [4.69, 9.17) is 21.3 Å². The molecule has 0 radical (unpaired) electrons. The zero-order valence-electron chi connectivity index (χ0n) is 29.6. The number of benzene rings is 2.